The Kier molecular flexibility index (Phi) is 5.49. The highest BCUT2D eigenvalue weighted by Crippen LogP contribution is 2.07. The van der Waals surface area contributed by atoms with Gasteiger partial charge in [-0.25, -0.2) is 0 Å². The third-order valence-corrected chi connectivity index (χ3v) is 3.22. The van der Waals surface area contributed by atoms with Gasteiger partial charge in [-0.15, -0.1) is 0 Å². The van der Waals surface area contributed by atoms with Gasteiger partial charge >= 0.3 is 0 Å². The van der Waals surface area contributed by atoms with Crippen molar-refractivity contribution >= 4 is 0 Å². The normalized spacial score (nSPS) is 20.6. The third kappa shape index (κ3) is 3.97. The molecule has 1 heterocycles. The molecule has 0 atom stereocenters. The summed E-state index contributed by atoms with van der Waals surface area (Å²) in [5, 5.41) is 0. The van der Waals surface area contributed by atoms with Gasteiger partial charge in [-0.3, -0.25) is 4.90 Å². The molecule has 1 fully saturated rings. The highest BCUT2D eigenvalue weighted by Gasteiger charge is 2.17. The molecule has 14 heavy (non-hydrogen) atoms. The molecule has 0 spiro atoms. The van der Waals surface area contributed by atoms with E-state index in [-0.39, 0.29) is 0 Å². The molecule has 0 bridgehead atoms. The second-order valence-electron chi connectivity index (χ2n) is 4.68. The molecule has 2 heteroatoms. The minimum absolute atomic E-state index is 0.729. The number of unbranched alkanes of at least 4 members (excludes halogenated alkanes) is 2. The topological polar surface area (TPSA) is 6.48 Å². The van der Waals surface area contributed by atoms with Crippen molar-refractivity contribution in [1.82, 2.24) is 9.80 Å². The highest BCUT2D eigenvalue weighted by molar-refractivity contribution is 4.73. The Balaban J connectivity index is 2.09. The van der Waals surface area contributed by atoms with Crippen molar-refractivity contribution < 1.29 is 0 Å². The highest BCUT2D eigenvalue weighted by atomic mass is 15.3. The van der Waals surface area contributed by atoms with Gasteiger partial charge in [-0.1, -0.05) is 19.8 Å². The van der Waals surface area contributed by atoms with Crippen LogP contribution in [0.15, 0.2) is 0 Å². The smallest absolute Gasteiger partial charge is 0.0113 e. The second kappa shape index (κ2) is 6.41. The SMILES string of the molecule is CCCCCN1CCN(C(C)C)CC1. The molecule has 0 N–H and O–H groups in total. The molecular formula is C12H26N2. The Morgan fingerprint density at radius 1 is 1.00 bits per heavy atom. The minimum atomic E-state index is 0.729. The van der Waals surface area contributed by atoms with E-state index >= 15 is 0 Å². The Morgan fingerprint density at radius 2 is 1.64 bits per heavy atom. The van der Waals surface area contributed by atoms with Crippen LogP contribution in [0.25, 0.3) is 0 Å². The van der Waals surface area contributed by atoms with E-state index in [1.165, 1.54) is 52.0 Å². The zero-order chi connectivity index (χ0) is 10.4. The molecule has 0 aromatic heterocycles. The standard InChI is InChI=1S/C12H26N2/c1-4-5-6-7-13-8-10-14(11-9-13)12(2)3/h12H,4-11H2,1-3H3. The van der Waals surface area contributed by atoms with Crippen LogP contribution in [-0.2, 0) is 0 Å². The number of hydrogen-bond donors (Lipinski definition) is 0. The van der Waals surface area contributed by atoms with Crippen LogP contribution in [0.5, 0.6) is 0 Å². The molecule has 1 aliphatic heterocycles. The summed E-state index contributed by atoms with van der Waals surface area (Å²) in [6.07, 6.45) is 4.12. The molecule has 2 nitrogen and oxygen atoms in total. The summed E-state index contributed by atoms with van der Waals surface area (Å²) in [5.41, 5.74) is 0. The summed E-state index contributed by atoms with van der Waals surface area (Å²) in [7, 11) is 0. The maximum atomic E-state index is 2.62. The summed E-state index contributed by atoms with van der Waals surface area (Å²) in [4.78, 5) is 5.20. The van der Waals surface area contributed by atoms with Crippen molar-refractivity contribution in [2.24, 2.45) is 0 Å². The van der Waals surface area contributed by atoms with Crippen molar-refractivity contribution in [3.05, 3.63) is 0 Å². The van der Waals surface area contributed by atoms with Gasteiger partial charge < -0.3 is 4.90 Å². The van der Waals surface area contributed by atoms with Crippen molar-refractivity contribution in [2.75, 3.05) is 32.7 Å². The van der Waals surface area contributed by atoms with Crippen LogP contribution in [0, 0.1) is 0 Å². The molecule has 0 amide bonds. The van der Waals surface area contributed by atoms with Crippen molar-refractivity contribution in [3.8, 4) is 0 Å². The van der Waals surface area contributed by atoms with E-state index in [0.29, 0.717) is 0 Å². The van der Waals surface area contributed by atoms with Crippen molar-refractivity contribution in [2.45, 2.75) is 46.1 Å². The summed E-state index contributed by atoms with van der Waals surface area (Å²) in [5.74, 6) is 0. The molecule has 0 aromatic carbocycles. The first-order valence-corrected chi connectivity index (χ1v) is 6.20. The first-order valence-electron chi connectivity index (χ1n) is 6.20. The van der Waals surface area contributed by atoms with Crippen molar-refractivity contribution in [3.63, 3.8) is 0 Å². The van der Waals surface area contributed by atoms with E-state index in [9.17, 15) is 0 Å². The largest absolute Gasteiger partial charge is 0.301 e. The Bertz CT molecular complexity index is 137. The van der Waals surface area contributed by atoms with Gasteiger partial charge in [0.15, 0.2) is 0 Å². The zero-order valence-corrected chi connectivity index (χ0v) is 10.1. The fourth-order valence-electron chi connectivity index (χ4n) is 2.09. The number of hydrogen-bond acceptors (Lipinski definition) is 2. The quantitative estimate of drug-likeness (QED) is 0.625. The maximum absolute atomic E-state index is 2.62. The van der Waals surface area contributed by atoms with Gasteiger partial charge in [0.1, 0.15) is 0 Å². The average Bonchev–Trinajstić information content (AvgIpc) is 2.19. The van der Waals surface area contributed by atoms with Crippen LogP contribution >= 0.6 is 0 Å². The third-order valence-electron chi connectivity index (χ3n) is 3.22. The lowest BCUT2D eigenvalue weighted by Gasteiger charge is -2.36. The number of nitrogens with zero attached hydrogens (tertiary/aromatic N) is 2. The average molecular weight is 198 g/mol. The molecule has 1 rings (SSSR count). The van der Waals surface area contributed by atoms with Crippen LogP contribution in [-0.4, -0.2) is 48.6 Å². The van der Waals surface area contributed by atoms with Crippen LogP contribution in [0.1, 0.15) is 40.0 Å². The summed E-state index contributed by atoms with van der Waals surface area (Å²) >= 11 is 0. The Labute approximate surface area is 89.3 Å². The van der Waals surface area contributed by atoms with Crippen LogP contribution in [0.2, 0.25) is 0 Å². The fraction of sp³-hybridized carbons (Fsp3) is 1.00. The summed E-state index contributed by atoms with van der Waals surface area (Å²) < 4.78 is 0. The number of rotatable bonds is 5. The molecule has 0 aliphatic carbocycles. The fourth-order valence-corrected chi connectivity index (χ4v) is 2.09. The summed E-state index contributed by atoms with van der Waals surface area (Å²) in [6, 6.07) is 0.729. The van der Waals surface area contributed by atoms with Gasteiger partial charge in [0.05, 0.1) is 0 Å². The molecule has 1 saturated heterocycles. The minimum Gasteiger partial charge on any atom is -0.301 e. The van der Waals surface area contributed by atoms with Gasteiger partial charge in [0, 0.05) is 32.2 Å². The molecule has 0 unspecified atom stereocenters. The first-order chi connectivity index (χ1) is 6.74. The van der Waals surface area contributed by atoms with Gasteiger partial charge in [0.2, 0.25) is 0 Å². The van der Waals surface area contributed by atoms with Gasteiger partial charge in [-0.2, -0.15) is 0 Å². The van der Waals surface area contributed by atoms with E-state index in [1.54, 1.807) is 0 Å². The first kappa shape index (κ1) is 12.0. The van der Waals surface area contributed by atoms with E-state index in [4.69, 9.17) is 0 Å². The lowest BCUT2D eigenvalue weighted by atomic mass is 10.2. The molecule has 0 saturated carbocycles. The van der Waals surface area contributed by atoms with E-state index in [0.717, 1.165) is 6.04 Å². The summed E-state index contributed by atoms with van der Waals surface area (Å²) in [6.45, 7) is 13.3. The predicted octanol–water partition coefficient (Wildman–Crippen LogP) is 2.20. The number of piperazine rings is 1. The lowest BCUT2D eigenvalue weighted by molar-refractivity contribution is 0.107. The zero-order valence-electron chi connectivity index (χ0n) is 10.1. The van der Waals surface area contributed by atoms with Crippen molar-refractivity contribution in [1.29, 1.82) is 0 Å². The molecule has 84 valence electrons. The van der Waals surface area contributed by atoms with Gasteiger partial charge in [0.25, 0.3) is 0 Å². The lowest BCUT2D eigenvalue weighted by Crippen LogP contribution is -2.48. The van der Waals surface area contributed by atoms with Crippen LogP contribution in [0.4, 0.5) is 0 Å². The maximum Gasteiger partial charge on any atom is 0.0113 e. The molecule has 0 radical (unpaired) electrons. The van der Waals surface area contributed by atoms with E-state index in [1.807, 2.05) is 0 Å². The monoisotopic (exact) mass is 198 g/mol. The van der Waals surface area contributed by atoms with Gasteiger partial charge in [-0.05, 0) is 26.8 Å². The predicted molar refractivity (Wildman–Crippen MR) is 62.7 cm³/mol. The van der Waals surface area contributed by atoms with Crippen LogP contribution < -0.4 is 0 Å². The van der Waals surface area contributed by atoms with E-state index in [2.05, 4.69) is 30.6 Å². The molecular weight excluding hydrogens is 172 g/mol. The molecule has 0 aromatic rings. The Hall–Kier alpha value is -0.0800. The second-order valence-corrected chi connectivity index (χ2v) is 4.68. The van der Waals surface area contributed by atoms with Crippen LogP contribution in [0.3, 0.4) is 0 Å². The Morgan fingerprint density at radius 3 is 2.14 bits per heavy atom. The molecule has 1 aliphatic rings. The van der Waals surface area contributed by atoms with E-state index < -0.39 is 0 Å².